The van der Waals surface area contributed by atoms with Crippen molar-refractivity contribution in [2.75, 3.05) is 0 Å². The summed E-state index contributed by atoms with van der Waals surface area (Å²) < 4.78 is 0. The van der Waals surface area contributed by atoms with Crippen molar-refractivity contribution in [2.24, 2.45) is 5.92 Å². The van der Waals surface area contributed by atoms with Crippen molar-refractivity contribution in [2.45, 2.75) is 53.9 Å². The topological polar surface area (TPSA) is 0 Å². The fourth-order valence-electron chi connectivity index (χ4n) is 0.997. The van der Waals surface area contributed by atoms with Gasteiger partial charge in [0.2, 0.25) is 0 Å². The monoisotopic (exact) mass is 208 g/mol. The van der Waals surface area contributed by atoms with Crippen molar-refractivity contribution >= 4 is 0 Å². The second kappa shape index (κ2) is 15.7. The van der Waals surface area contributed by atoms with Crippen LogP contribution in [0.1, 0.15) is 53.9 Å². The quantitative estimate of drug-likeness (QED) is 0.524. The van der Waals surface area contributed by atoms with E-state index in [4.69, 9.17) is 0 Å². The SMILES string of the molecule is CC.CC.CC1CCC1.c1ccccc1. The van der Waals surface area contributed by atoms with Crippen LogP contribution in [0.25, 0.3) is 0 Å². The van der Waals surface area contributed by atoms with E-state index in [-0.39, 0.29) is 0 Å². The molecule has 1 aliphatic carbocycles. The van der Waals surface area contributed by atoms with E-state index in [9.17, 15) is 0 Å². The molecule has 0 nitrogen and oxygen atoms in total. The van der Waals surface area contributed by atoms with Gasteiger partial charge in [0.25, 0.3) is 0 Å². The van der Waals surface area contributed by atoms with Crippen molar-refractivity contribution < 1.29 is 0 Å². The number of rotatable bonds is 0. The molecule has 0 aliphatic heterocycles. The van der Waals surface area contributed by atoms with E-state index in [0.717, 1.165) is 5.92 Å². The summed E-state index contributed by atoms with van der Waals surface area (Å²) in [6, 6.07) is 12.0. The highest BCUT2D eigenvalue weighted by molar-refractivity contribution is 4.99. The third kappa shape index (κ3) is 13.2. The molecule has 0 heteroatoms. The summed E-state index contributed by atoms with van der Waals surface area (Å²) in [6.07, 6.45) is 4.46. The second-order valence-corrected chi connectivity index (χ2v) is 3.19. The molecule has 1 fully saturated rings. The van der Waals surface area contributed by atoms with Gasteiger partial charge < -0.3 is 0 Å². The molecule has 1 saturated carbocycles. The van der Waals surface area contributed by atoms with Gasteiger partial charge >= 0.3 is 0 Å². The summed E-state index contributed by atoms with van der Waals surface area (Å²) in [5.41, 5.74) is 0. The molecule has 0 amide bonds. The Kier molecular flexibility index (Phi) is 17.4. The van der Waals surface area contributed by atoms with Crippen LogP contribution >= 0.6 is 0 Å². The minimum absolute atomic E-state index is 1.06. The minimum atomic E-state index is 1.06. The molecule has 0 radical (unpaired) electrons. The first-order chi connectivity index (χ1) is 7.39. The fraction of sp³-hybridized carbons (Fsp3) is 0.600. The molecule has 0 atom stereocenters. The average Bonchev–Trinajstić information content (AvgIpc) is 2.35. The van der Waals surface area contributed by atoms with Gasteiger partial charge in [-0.1, -0.05) is 90.3 Å². The van der Waals surface area contributed by atoms with Gasteiger partial charge in [0.05, 0.1) is 0 Å². The number of benzene rings is 1. The highest BCUT2D eigenvalue weighted by Crippen LogP contribution is 2.24. The van der Waals surface area contributed by atoms with Crippen LogP contribution in [0.3, 0.4) is 0 Å². The molecular weight excluding hydrogens is 180 g/mol. The summed E-state index contributed by atoms with van der Waals surface area (Å²) in [7, 11) is 0. The van der Waals surface area contributed by atoms with E-state index in [2.05, 4.69) is 6.92 Å². The van der Waals surface area contributed by atoms with Crippen LogP contribution in [0, 0.1) is 5.92 Å². The van der Waals surface area contributed by atoms with Crippen LogP contribution in [-0.2, 0) is 0 Å². The zero-order valence-electron chi connectivity index (χ0n) is 11.2. The Balaban J connectivity index is 0. The van der Waals surface area contributed by atoms with E-state index in [1.165, 1.54) is 19.3 Å². The molecule has 0 unspecified atom stereocenters. The van der Waals surface area contributed by atoms with Gasteiger partial charge in [-0.2, -0.15) is 0 Å². The molecule has 2 rings (SSSR count). The van der Waals surface area contributed by atoms with Crippen LogP contribution in [0.2, 0.25) is 0 Å². The maximum absolute atomic E-state index is 2.31. The molecule has 0 heterocycles. The van der Waals surface area contributed by atoms with Crippen molar-refractivity contribution in [1.82, 2.24) is 0 Å². The van der Waals surface area contributed by atoms with E-state index >= 15 is 0 Å². The molecule has 0 N–H and O–H groups in total. The summed E-state index contributed by atoms with van der Waals surface area (Å²) in [5, 5.41) is 0. The zero-order valence-corrected chi connectivity index (χ0v) is 11.2. The Morgan fingerprint density at radius 3 is 0.933 bits per heavy atom. The number of hydrogen-bond donors (Lipinski definition) is 0. The molecule has 0 aromatic heterocycles. The lowest BCUT2D eigenvalue weighted by molar-refractivity contribution is 0.346. The minimum Gasteiger partial charge on any atom is -0.0683 e. The summed E-state index contributed by atoms with van der Waals surface area (Å²) in [5.74, 6) is 1.06. The lowest BCUT2D eigenvalue weighted by Gasteiger charge is -2.18. The predicted molar refractivity (Wildman–Crippen MR) is 72.2 cm³/mol. The largest absolute Gasteiger partial charge is 0.0683 e. The van der Waals surface area contributed by atoms with E-state index < -0.39 is 0 Å². The van der Waals surface area contributed by atoms with E-state index in [1.807, 2.05) is 64.1 Å². The van der Waals surface area contributed by atoms with E-state index in [1.54, 1.807) is 0 Å². The first-order valence-corrected chi connectivity index (χ1v) is 6.39. The molecule has 1 aromatic rings. The molecule has 15 heavy (non-hydrogen) atoms. The zero-order chi connectivity index (χ0) is 11.9. The lowest BCUT2D eigenvalue weighted by atomic mass is 9.88. The van der Waals surface area contributed by atoms with Crippen molar-refractivity contribution in [3.8, 4) is 0 Å². The van der Waals surface area contributed by atoms with Crippen LogP contribution in [0.15, 0.2) is 36.4 Å². The smallest absolute Gasteiger partial charge is 0.0443 e. The maximum atomic E-state index is 2.31. The Hall–Kier alpha value is -0.780. The first kappa shape index (κ1) is 16.6. The summed E-state index contributed by atoms with van der Waals surface area (Å²) in [4.78, 5) is 0. The third-order valence-corrected chi connectivity index (χ3v) is 2.06. The summed E-state index contributed by atoms with van der Waals surface area (Å²) in [6.45, 7) is 10.3. The molecule has 1 aliphatic rings. The van der Waals surface area contributed by atoms with Crippen LogP contribution in [-0.4, -0.2) is 0 Å². The van der Waals surface area contributed by atoms with Gasteiger partial charge in [0.1, 0.15) is 0 Å². The first-order valence-electron chi connectivity index (χ1n) is 6.39. The maximum Gasteiger partial charge on any atom is -0.0443 e. The van der Waals surface area contributed by atoms with Crippen LogP contribution < -0.4 is 0 Å². The lowest BCUT2D eigenvalue weighted by Crippen LogP contribution is -2.04. The van der Waals surface area contributed by atoms with Gasteiger partial charge in [0, 0.05) is 0 Å². The van der Waals surface area contributed by atoms with Gasteiger partial charge in [-0.3, -0.25) is 0 Å². The molecule has 0 spiro atoms. The summed E-state index contributed by atoms with van der Waals surface area (Å²) >= 11 is 0. The van der Waals surface area contributed by atoms with Crippen molar-refractivity contribution in [3.05, 3.63) is 36.4 Å². The Labute approximate surface area is 96.7 Å². The molecule has 1 aromatic carbocycles. The predicted octanol–water partition coefficient (Wildman–Crippen LogP) is 5.55. The normalized spacial score (nSPS) is 12.6. The second-order valence-electron chi connectivity index (χ2n) is 3.19. The van der Waals surface area contributed by atoms with Crippen LogP contribution in [0.4, 0.5) is 0 Å². The van der Waals surface area contributed by atoms with Crippen LogP contribution in [0.5, 0.6) is 0 Å². The Bertz CT molecular complexity index is 136. The fourth-order valence-corrected chi connectivity index (χ4v) is 0.997. The molecule has 0 saturated heterocycles. The van der Waals surface area contributed by atoms with Gasteiger partial charge in [0.15, 0.2) is 0 Å². The van der Waals surface area contributed by atoms with Gasteiger partial charge in [-0.25, -0.2) is 0 Å². The van der Waals surface area contributed by atoms with E-state index in [0.29, 0.717) is 0 Å². The Morgan fingerprint density at radius 1 is 0.667 bits per heavy atom. The molecular formula is C15H28. The van der Waals surface area contributed by atoms with Gasteiger partial charge in [-0.15, -0.1) is 0 Å². The Morgan fingerprint density at radius 2 is 0.867 bits per heavy atom. The van der Waals surface area contributed by atoms with Gasteiger partial charge in [-0.05, 0) is 5.92 Å². The number of hydrogen-bond acceptors (Lipinski definition) is 0. The molecule has 0 bridgehead atoms. The molecule has 88 valence electrons. The van der Waals surface area contributed by atoms with Crippen molar-refractivity contribution in [1.29, 1.82) is 0 Å². The third-order valence-electron chi connectivity index (χ3n) is 2.06. The average molecular weight is 208 g/mol. The standard InChI is InChI=1S/C6H6.C5H10.2C2H6/c1-2-4-6-5-3-1;1-5-3-2-4-5;2*1-2/h1-6H;5H,2-4H2,1H3;2*1-2H3. The highest BCUT2D eigenvalue weighted by atomic mass is 14.1. The van der Waals surface area contributed by atoms with Crippen molar-refractivity contribution in [3.63, 3.8) is 0 Å². The highest BCUT2D eigenvalue weighted by Gasteiger charge is 2.09.